The highest BCUT2D eigenvalue weighted by Gasteiger charge is 2.27. The molecule has 2 rings (SSSR count). The van der Waals surface area contributed by atoms with Crippen LogP contribution in [0.3, 0.4) is 0 Å². The number of anilines is 1. The molecule has 1 atom stereocenters. The van der Waals surface area contributed by atoms with Crippen LogP contribution in [0.25, 0.3) is 0 Å². The van der Waals surface area contributed by atoms with Crippen LogP contribution >= 0.6 is 11.6 Å². The molecule has 198 valence electrons. The summed E-state index contributed by atoms with van der Waals surface area (Å²) in [5.74, 6) is -2.94. The molecule has 0 aliphatic rings. The van der Waals surface area contributed by atoms with Crippen LogP contribution in [0, 0.1) is 11.6 Å². The van der Waals surface area contributed by atoms with E-state index in [2.05, 4.69) is 5.32 Å². The fourth-order valence-electron chi connectivity index (χ4n) is 3.57. The van der Waals surface area contributed by atoms with Crippen molar-refractivity contribution in [2.24, 2.45) is 0 Å². The molecule has 36 heavy (non-hydrogen) atoms. The lowest BCUT2D eigenvalue weighted by atomic mass is 10.1. The normalized spacial score (nSPS) is 12.2. The predicted octanol–water partition coefficient (Wildman–Crippen LogP) is 4.50. The van der Waals surface area contributed by atoms with E-state index < -0.39 is 27.7 Å². The van der Waals surface area contributed by atoms with E-state index in [1.54, 1.807) is 31.2 Å². The zero-order valence-electron chi connectivity index (χ0n) is 20.6. The third-order valence-corrected chi connectivity index (χ3v) is 7.20. The number of hydrogen-bond donors (Lipinski definition) is 1. The number of unbranched alkanes of at least 4 members (excludes halogenated alkanes) is 1. The van der Waals surface area contributed by atoms with Gasteiger partial charge in [-0.25, -0.2) is 17.2 Å². The topological polar surface area (TPSA) is 86.8 Å². The zero-order valence-corrected chi connectivity index (χ0v) is 22.2. The molecule has 1 N–H and O–H groups in total. The maximum Gasteiger partial charge on any atom is 0.242 e. The molecule has 0 radical (unpaired) electrons. The SMILES string of the molecule is CCCCNC(=O)[C@@H](C)N(Cc1ccccc1Cl)C(=O)CCCN(c1ccc(F)c(F)c1)S(C)(=O)=O. The molecule has 0 aromatic heterocycles. The van der Waals surface area contributed by atoms with E-state index in [0.29, 0.717) is 17.1 Å². The summed E-state index contributed by atoms with van der Waals surface area (Å²) < 4.78 is 52.5. The molecule has 11 heteroatoms. The van der Waals surface area contributed by atoms with E-state index >= 15 is 0 Å². The Balaban J connectivity index is 2.17. The minimum atomic E-state index is -3.82. The standard InChI is InChI=1S/C25H32ClF2N3O4S/c1-4-5-14-29-25(33)18(2)30(17-19-9-6-7-10-21(19)26)24(32)11-8-15-31(36(3,34)35)20-12-13-22(27)23(28)16-20/h6-7,9-10,12-13,16,18H,4-5,8,11,14-15,17H2,1-3H3,(H,29,33)/t18-/m1/s1. The van der Waals surface area contributed by atoms with Gasteiger partial charge in [-0.1, -0.05) is 43.1 Å². The summed E-state index contributed by atoms with van der Waals surface area (Å²) in [6.45, 7) is 4.08. The Morgan fingerprint density at radius 1 is 1.08 bits per heavy atom. The number of sulfonamides is 1. The highest BCUT2D eigenvalue weighted by atomic mass is 35.5. The summed E-state index contributed by atoms with van der Waals surface area (Å²) in [7, 11) is -3.82. The molecular weight excluding hydrogens is 512 g/mol. The maximum absolute atomic E-state index is 13.7. The van der Waals surface area contributed by atoms with Crippen molar-refractivity contribution in [2.45, 2.75) is 52.1 Å². The van der Waals surface area contributed by atoms with Crippen LogP contribution in [-0.4, -0.2) is 50.5 Å². The first-order valence-electron chi connectivity index (χ1n) is 11.7. The van der Waals surface area contributed by atoms with Gasteiger partial charge < -0.3 is 10.2 Å². The molecule has 0 aliphatic carbocycles. The van der Waals surface area contributed by atoms with Gasteiger partial charge in [0.05, 0.1) is 11.9 Å². The van der Waals surface area contributed by atoms with Crippen LogP contribution < -0.4 is 9.62 Å². The molecule has 0 unspecified atom stereocenters. The molecule has 2 aromatic rings. The van der Waals surface area contributed by atoms with Crippen LogP contribution in [0.1, 0.15) is 45.1 Å². The molecule has 0 aliphatic heterocycles. The lowest BCUT2D eigenvalue weighted by Gasteiger charge is -2.29. The van der Waals surface area contributed by atoms with Gasteiger partial charge in [0.2, 0.25) is 21.8 Å². The second-order valence-electron chi connectivity index (χ2n) is 8.47. The van der Waals surface area contributed by atoms with Gasteiger partial charge in [-0.05, 0) is 43.5 Å². The number of rotatable bonds is 13. The van der Waals surface area contributed by atoms with Gasteiger partial charge in [0.1, 0.15) is 6.04 Å². The van der Waals surface area contributed by atoms with Crippen molar-refractivity contribution in [3.8, 4) is 0 Å². The highest BCUT2D eigenvalue weighted by molar-refractivity contribution is 7.92. The fourth-order valence-corrected chi connectivity index (χ4v) is 4.73. The number of benzene rings is 2. The van der Waals surface area contributed by atoms with Gasteiger partial charge in [0.15, 0.2) is 11.6 Å². The van der Waals surface area contributed by atoms with Crippen LogP contribution in [0.4, 0.5) is 14.5 Å². The highest BCUT2D eigenvalue weighted by Crippen LogP contribution is 2.22. The van der Waals surface area contributed by atoms with Crippen LogP contribution in [0.2, 0.25) is 5.02 Å². The van der Waals surface area contributed by atoms with Crippen molar-refractivity contribution in [3.63, 3.8) is 0 Å². The molecule has 0 heterocycles. The monoisotopic (exact) mass is 543 g/mol. The first-order valence-corrected chi connectivity index (χ1v) is 13.9. The molecule has 0 saturated carbocycles. The van der Waals surface area contributed by atoms with Crippen molar-refractivity contribution in [1.82, 2.24) is 10.2 Å². The second kappa shape index (κ2) is 13.5. The van der Waals surface area contributed by atoms with Crippen molar-refractivity contribution in [2.75, 3.05) is 23.7 Å². The minimum Gasteiger partial charge on any atom is -0.354 e. The zero-order chi connectivity index (χ0) is 26.9. The first kappa shape index (κ1) is 29.5. The smallest absolute Gasteiger partial charge is 0.242 e. The van der Waals surface area contributed by atoms with Crippen molar-refractivity contribution >= 4 is 39.1 Å². The third-order valence-electron chi connectivity index (χ3n) is 5.64. The van der Waals surface area contributed by atoms with Gasteiger partial charge in [0.25, 0.3) is 0 Å². The van der Waals surface area contributed by atoms with E-state index in [0.717, 1.165) is 41.6 Å². The van der Waals surface area contributed by atoms with Gasteiger partial charge in [-0.3, -0.25) is 13.9 Å². The minimum absolute atomic E-state index is 0.0413. The second-order valence-corrected chi connectivity index (χ2v) is 10.8. The van der Waals surface area contributed by atoms with E-state index in [4.69, 9.17) is 11.6 Å². The Morgan fingerprint density at radius 3 is 2.39 bits per heavy atom. The lowest BCUT2D eigenvalue weighted by molar-refractivity contribution is -0.140. The number of nitrogens with one attached hydrogen (secondary N) is 1. The molecule has 0 fully saturated rings. The van der Waals surface area contributed by atoms with E-state index in [1.807, 2.05) is 6.92 Å². The van der Waals surface area contributed by atoms with E-state index in [9.17, 15) is 26.8 Å². The predicted molar refractivity (Wildman–Crippen MR) is 137 cm³/mol. The summed E-state index contributed by atoms with van der Waals surface area (Å²) in [6, 6.07) is 9.01. The number of carbonyl (C=O) groups is 2. The van der Waals surface area contributed by atoms with Crippen molar-refractivity contribution in [3.05, 3.63) is 64.7 Å². The largest absolute Gasteiger partial charge is 0.354 e. The molecule has 0 bridgehead atoms. The van der Waals surface area contributed by atoms with Crippen molar-refractivity contribution < 1.29 is 26.8 Å². The van der Waals surface area contributed by atoms with E-state index in [1.165, 1.54) is 4.90 Å². The number of nitrogens with zero attached hydrogens (tertiary/aromatic N) is 2. The van der Waals surface area contributed by atoms with Gasteiger partial charge in [-0.15, -0.1) is 0 Å². The fraction of sp³-hybridized carbons (Fsp3) is 0.440. The molecular formula is C25H32ClF2N3O4S. The van der Waals surface area contributed by atoms with Crippen LogP contribution in [0.5, 0.6) is 0 Å². The Morgan fingerprint density at radius 2 is 1.78 bits per heavy atom. The quantitative estimate of drug-likeness (QED) is 0.377. The maximum atomic E-state index is 13.7. The first-order chi connectivity index (χ1) is 17.0. The summed E-state index contributed by atoms with van der Waals surface area (Å²) in [6.07, 6.45) is 2.68. The van der Waals surface area contributed by atoms with Gasteiger partial charge >= 0.3 is 0 Å². The van der Waals surface area contributed by atoms with E-state index in [-0.39, 0.29) is 43.4 Å². The summed E-state index contributed by atoms with van der Waals surface area (Å²) >= 11 is 6.28. The molecule has 0 saturated heterocycles. The van der Waals surface area contributed by atoms with Gasteiger partial charge in [0, 0.05) is 37.1 Å². The molecule has 2 aromatic carbocycles. The molecule has 7 nitrogen and oxygen atoms in total. The average molecular weight is 544 g/mol. The Hall–Kier alpha value is -2.72. The summed E-state index contributed by atoms with van der Waals surface area (Å²) in [4.78, 5) is 27.3. The lowest BCUT2D eigenvalue weighted by Crippen LogP contribution is -2.48. The Kier molecular flexibility index (Phi) is 11.1. The summed E-state index contributed by atoms with van der Waals surface area (Å²) in [5.41, 5.74) is 0.626. The molecule has 2 amide bonds. The number of halogens is 3. The van der Waals surface area contributed by atoms with Crippen LogP contribution in [0.15, 0.2) is 42.5 Å². The van der Waals surface area contributed by atoms with Crippen LogP contribution in [-0.2, 0) is 26.2 Å². The average Bonchev–Trinajstić information content (AvgIpc) is 2.82. The summed E-state index contributed by atoms with van der Waals surface area (Å²) in [5, 5.41) is 3.28. The molecule has 0 spiro atoms. The third kappa shape index (κ3) is 8.44. The van der Waals surface area contributed by atoms with Gasteiger partial charge in [-0.2, -0.15) is 0 Å². The number of hydrogen-bond acceptors (Lipinski definition) is 4. The van der Waals surface area contributed by atoms with Crippen molar-refractivity contribution in [1.29, 1.82) is 0 Å². The number of amides is 2. The Bertz CT molecular complexity index is 1160. The Labute approximate surface area is 216 Å². The number of carbonyl (C=O) groups excluding carboxylic acids is 2.